The number of fused-ring (bicyclic) bond motifs is 1. The van der Waals surface area contributed by atoms with Crippen LogP contribution in [0.3, 0.4) is 0 Å². The molecule has 2 fully saturated rings. The van der Waals surface area contributed by atoms with Gasteiger partial charge in [-0.3, -0.25) is 25.0 Å². The highest BCUT2D eigenvalue weighted by molar-refractivity contribution is 6.05. The lowest BCUT2D eigenvalue weighted by Gasteiger charge is -2.29. The number of imide groups is 1. The van der Waals surface area contributed by atoms with Crippen LogP contribution in [0.15, 0.2) is 24.4 Å². The Morgan fingerprint density at radius 1 is 1.17 bits per heavy atom. The molecule has 1 unspecified atom stereocenters. The minimum Gasteiger partial charge on any atom is -0.324 e. The first kappa shape index (κ1) is 22.6. The highest BCUT2D eigenvalue weighted by atomic mass is 16.2. The minimum atomic E-state index is -0.647. The molecule has 4 heterocycles. The van der Waals surface area contributed by atoms with Crippen LogP contribution in [-0.4, -0.2) is 67.7 Å². The normalized spacial score (nSPS) is 20.3. The summed E-state index contributed by atoms with van der Waals surface area (Å²) in [6, 6.07) is 4.61. The highest BCUT2D eigenvalue weighted by Crippen LogP contribution is 2.29. The summed E-state index contributed by atoms with van der Waals surface area (Å²) in [6.07, 6.45) is 3.55. The standard InChI is InChI=1S/C24H25N7O4/c1-29-20(13-25-28-29)26-24(35)30-11-9-15(10-12-30)5-6-16-3-2-4-17-18(16)14-31(23(17)34)19-7-8-21(32)27-22(19)33/h2-4,13,15,19H,7-12,14H2,1H3,(H,26,35)(H,27,32,33). The van der Waals surface area contributed by atoms with Gasteiger partial charge in [-0.05, 0) is 37.0 Å². The zero-order valence-electron chi connectivity index (χ0n) is 19.3. The number of urea groups is 1. The fourth-order valence-corrected chi connectivity index (χ4v) is 4.70. The van der Waals surface area contributed by atoms with Crippen LogP contribution in [0.25, 0.3) is 0 Å². The molecule has 1 atom stereocenters. The van der Waals surface area contributed by atoms with Crippen molar-refractivity contribution in [3.63, 3.8) is 0 Å². The summed E-state index contributed by atoms with van der Waals surface area (Å²) < 4.78 is 1.50. The van der Waals surface area contributed by atoms with Crippen LogP contribution in [0, 0.1) is 17.8 Å². The third-order valence-corrected chi connectivity index (χ3v) is 6.72. The molecular weight excluding hydrogens is 450 g/mol. The molecule has 0 spiro atoms. The van der Waals surface area contributed by atoms with E-state index < -0.39 is 11.9 Å². The van der Waals surface area contributed by atoms with Crippen LogP contribution >= 0.6 is 0 Å². The number of aromatic nitrogens is 3. The number of rotatable bonds is 2. The molecule has 1 aromatic carbocycles. The maximum absolute atomic E-state index is 13.0. The number of aryl methyl sites for hydroxylation is 1. The van der Waals surface area contributed by atoms with Crippen molar-refractivity contribution in [1.82, 2.24) is 30.1 Å². The van der Waals surface area contributed by atoms with Crippen molar-refractivity contribution in [2.24, 2.45) is 13.0 Å². The quantitative estimate of drug-likeness (QED) is 0.490. The zero-order chi connectivity index (χ0) is 24.5. The number of likely N-dealkylation sites (tertiary alicyclic amines) is 1. The van der Waals surface area contributed by atoms with Crippen molar-refractivity contribution >= 4 is 29.6 Å². The van der Waals surface area contributed by atoms with Crippen LogP contribution in [-0.2, 0) is 23.2 Å². The molecule has 5 amide bonds. The lowest BCUT2D eigenvalue weighted by molar-refractivity contribution is -0.136. The Morgan fingerprint density at radius 3 is 2.69 bits per heavy atom. The van der Waals surface area contributed by atoms with E-state index >= 15 is 0 Å². The summed E-state index contributed by atoms with van der Waals surface area (Å²) >= 11 is 0. The van der Waals surface area contributed by atoms with Crippen LogP contribution in [0.1, 0.15) is 47.2 Å². The summed E-state index contributed by atoms with van der Waals surface area (Å²) in [6.45, 7) is 1.48. The summed E-state index contributed by atoms with van der Waals surface area (Å²) in [7, 11) is 1.71. The summed E-state index contributed by atoms with van der Waals surface area (Å²) in [5.41, 5.74) is 2.14. The van der Waals surface area contributed by atoms with Gasteiger partial charge in [0, 0.05) is 50.1 Å². The number of piperidine rings is 2. The highest BCUT2D eigenvalue weighted by Gasteiger charge is 2.39. The number of carbonyl (C=O) groups is 4. The Bertz CT molecular complexity index is 1270. The molecule has 1 aromatic heterocycles. The monoisotopic (exact) mass is 475 g/mol. The second-order valence-electron chi connectivity index (χ2n) is 8.94. The first-order valence-electron chi connectivity index (χ1n) is 11.6. The van der Waals surface area contributed by atoms with Gasteiger partial charge in [0.2, 0.25) is 11.8 Å². The van der Waals surface area contributed by atoms with Gasteiger partial charge < -0.3 is 9.80 Å². The van der Waals surface area contributed by atoms with Crippen molar-refractivity contribution in [3.05, 3.63) is 41.1 Å². The molecule has 5 rings (SSSR count). The molecule has 3 aliphatic heterocycles. The van der Waals surface area contributed by atoms with Gasteiger partial charge >= 0.3 is 6.03 Å². The van der Waals surface area contributed by atoms with Gasteiger partial charge in [-0.25, -0.2) is 9.48 Å². The molecule has 0 aliphatic carbocycles. The van der Waals surface area contributed by atoms with E-state index in [1.54, 1.807) is 24.1 Å². The van der Waals surface area contributed by atoms with E-state index in [2.05, 4.69) is 32.8 Å². The number of anilines is 1. The van der Waals surface area contributed by atoms with Crippen molar-refractivity contribution in [2.75, 3.05) is 18.4 Å². The van der Waals surface area contributed by atoms with Crippen LogP contribution in [0.2, 0.25) is 0 Å². The number of nitrogens with one attached hydrogen (secondary N) is 2. The lowest BCUT2D eigenvalue weighted by atomic mass is 9.96. The van der Waals surface area contributed by atoms with Crippen LogP contribution < -0.4 is 10.6 Å². The van der Waals surface area contributed by atoms with Crippen LogP contribution in [0.5, 0.6) is 0 Å². The Balaban J connectivity index is 1.22. The lowest BCUT2D eigenvalue weighted by Crippen LogP contribution is -2.52. The zero-order valence-corrected chi connectivity index (χ0v) is 19.3. The summed E-state index contributed by atoms with van der Waals surface area (Å²) in [5, 5.41) is 12.7. The SMILES string of the molecule is Cn1nncc1NC(=O)N1CCC(C#Cc2cccc3c2CN(C2CCC(=O)NC2=O)C3=O)CC1. The second kappa shape index (κ2) is 9.21. The molecule has 180 valence electrons. The Morgan fingerprint density at radius 2 is 1.97 bits per heavy atom. The Hall–Kier alpha value is -4.20. The first-order valence-corrected chi connectivity index (χ1v) is 11.6. The maximum atomic E-state index is 13.0. The molecule has 2 saturated heterocycles. The Labute approximate surface area is 201 Å². The molecule has 0 saturated carbocycles. The molecule has 11 nitrogen and oxygen atoms in total. The van der Waals surface area contributed by atoms with E-state index in [1.807, 2.05) is 6.07 Å². The van der Waals surface area contributed by atoms with Gasteiger partial charge in [-0.15, -0.1) is 5.10 Å². The average molecular weight is 476 g/mol. The molecule has 0 bridgehead atoms. The van der Waals surface area contributed by atoms with Crippen molar-refractivity contribution in [3.8, 4) is 11.8 Å². The van der Waals surface area contributed by atoms with Gasteiger partial charge in [0.15, 0.2) is 5.82 Å². The fraction of sp³-hybridized carbons (Fsp3) is 0.417. The van der Waals surface area contributed by atoms with Gasteiger partial charge in [-0.2, -0.15) is 0 Å². The van der Waals surface area contributed by atoms with Gasteiger partial charge in [0.25, 0.3) is 5.91 Å². The van der Waals surface area contributed by atoms with E-state index in [1.165, 1.54) is 15.8 Å². The Kier molecular flexibility index (Phi) is 5.94. The number of nitrogens with zero attached hydrogens (tertiary/aromatic N) is 5. The third kappa shape index (κ3) is 4.47. The van der Waals surface area contributed by atoms with E-state index in [9.17, 15) is 19.2 Å². The summed E-state index contributed by atoms with van der Waals surface area (Å²) in [5.74, 6) is 6.30. The molecule has 0 radical (unpaired) electrons. The third-order valence-electron chi connectivity index (χ3n) is 6.72. The molecule has 35 heavy (non-hydrogen) atoms. The molecule has 3 aliphatic rings. The number of benzene rings is 1. The van der Waals surface area contributed by atoms with E-state index in [0.717, 1.165) is 24.0 Å². The molecular formula is C24H25N7O4. The van der Waals surface area contributed by atoms with Crippen molar-refractivity contribution in [2.45, 2.75) is 38.3 Å². The predicted octanol–water partition coefficient (Wildman–Crippen LogP) is 0.872. The first-order chi connectivity index (χ1) is 16.9. The molecule has 2 aromatic rings. The maximum Gasteiger partial charge on any atom is 0.323 e. The largest absolute Gasteiger partial charge is 0.324 e. The van der Waals surface area contributed by atoms with E-state index in [0.29, 0.717) is 37.4 Å². The predicted molar refractivity (Wildman–Crippen MR) is 124 cm³/mol. The smallest absolute Gasteiger partial charge is 0.323 e. The second-order valence-corrected chi connectivity index (χ2v) is 8.94. The fourth-order valence-electron chi connectivity index (χ4n) is 4.70. The van der Waals surface area contributed by atoms with Crippen molar-refractivity contribution in [1.29, 1.82) is 0 Å². The number of hydrogen-bond acceptors (Lipinski definition) is 6. The average Bonchev–Trinajstić information content (AvgIpc) is 3.41. The van der Waals surface area contributed by atoms with Gasteiger partial charge in [0.1, 0.15) is 6.04 Å². The minimum absolute atomic E-state index is 0.136. The van der Waals surface area contributed by atoms with Gasteiger partial charge in [0.05, 0.1) is 6.20 Å². The molecule has 11 heteroatoms. The van der Waals surface area contributed by atoms with Crippen molar-refractivity contribution < 1.29 is 19.2 Å². The number of amides is 5. The summed E-state index contributed by atoms with van der Waals surface area (Å²) in [4.78, 5) is 52.5. The number of carbonyl (C=O) groups excluding carboxylic acids is 4. The van der Waals surface area contributed by atoms with Crippen LogP contribution in [0.4, 0.5) is 10.6 Å². The van der Waals surface area contributed by atoms with E-state index in [4.69, 9.17) is 0 Å². The molecule has 2 N–H and O–H groups in total. The number of hydrogen-bond donors (Lipinski definition) is 2. The topological polar surface area (TPSA) is 130 Å². The van der Waals surface area contributed by atoms with Gasteiger partial charge in [-0.1, -0.05) is 23.1 Å². The van der Waals surface area contributed by atoms with E-state index in [-0.39, 0.29) is 30.2 Å².